The molecule has 3 aromatic carbocycles. The highest BCUT2D eigenvalue weighted by molar-refractivity contribution is 9.10. The summed E-state index contributed by atoms with van der Waals surface area (Å²) in [6.45, 7) is 4.02. The lowest BCUT2D eigenvalue weighted by atomic mass is 10.1. The highest BCUT2D eigenvalue weighted by Gasteiger charge is 2.15. The number of fused-ring (bicyclic) bond motifs is 1. The minimum absolute atomic E-state index is 0.146. The molecule has 0 atom stereocenters. The van der Waals surface area contributed by atoms with Crippen LogP contribution in [-0.4, -0.2) is 12.6 Å². The van der Waals surface area contributed by atoms with Gasteiger partial charge in [0.15, 0.2) is 5.75 Å². The molecule has 0 radical (unpaired) electrons. The van der Waals surface area contributed by atoms with E-state index in [1.165, 1.54) is 12.1 Å². The van der Waals surface area contributed by atoms with E-state index in [2.05, 4.69) is 40.7 Å². The molecule has 3 aromatic rings. The van der Waals surface area contributed by atoms with Gasteiger partial charge in [-0.1, -0.05) is 66.7 Å². The van der Waals surface area contributed by atoms with Gasteiger partial charge in [-0.05, 0) is 44.4 Å². The summed E-state index contributed by atoms with van der Waals surface area (Å²) >= 11 is 9.73. The first-order valence-corrected chi connectivity index (χ1v) is 9.13. The van der Waals surface area contributed by atoms with Crippen molar-refractivity contribution in [1.29, 1.82) is 0 Å². The molecule has 0 unspecified atom stereocenters. The number of hydrogen-bond acceptors (Lipinski definition) is 3. The lowest BCUT2D eigenvalue weighted by Gasteiger charge is -2.13. The Labute approximate surface area is 165 Å². The molecule has 0 amide bonds. The second-order valence-corrected chi connectivity index (χ2v) is 6.84. The maximum Gasteiger partial charge on any atom is 0.338 e. The molecule has 3 rings (SSSR count). The largest absolute Gasteiger partial charge is 0.486 e. The molecule has 26 heavy (non-hydrogen) atoms. The molecule has 0 heterocycles. The van der Waals surface area contributed by atoms with Gasteiger partial charge < -0.3 is 9.47 Å². The average molecular weight is 432 g/mol. The zero-order valence-corrected chi connectivity index (χ0v) is 16.2. The van der Waals surface area contributed by atoms with Crippen molar-refractivity contribution in [1.82, 2.24) is 0 Å². The maximum atomic E-state index is 12.0. The molecule has 3 nitrogen and oxygen atoms in total. The third kappa shape index (κ3) is 4.09. The molecule has 0 aliphatic heterocycles. The van der Waals surface area contributed by atoms with Crippen LogP contribution in [0, 0.1) is 0 Å². The van der Waals surface area contributed by atoms with Gasteiger partial charge in [0, 0.05) is 0 Å². The molecular formula is C21H16BrClO3. The zero-order chi connectivity index (χ0) is 18.5. The van der Waals surface area contributed by atoms with Crippen LogP contribution < -0.4 is 4.74 Å². The van der Waals surface area contributed by atoms with Gasteiger partial charge in [-0.15, -0.1) is 0 Å². The minimum Gasteiger partial charge on any atom is -0.486 e. The van der Waals surface area contributed by atoms with Crippen molar-refractivity contribution in [3.8, 4) is 5.75 Å². The van der Waals surface area contributed by atoms with Crippen LogP contribution in [0.5, 0.6) is 5.75 Å². The van der Waals surface area contributed by atoms with Crippen molar-refractivity contribution in [3.05, 3.63) is 87.9 Å². The Bertz CT molecular complexity index is 940. The van der Waals surface area contributed by atoms with Gasteiger partial charge in [-0.25, -0.2) is 4.79 Å². The summed E-state index contributed by atoms with van der Waals surface area (Å²) in [5, 5.41) is 2.62. The van der Waals surface area contributed by atoms with Crippen LogP contribution in [0.4, 0.5) is 0 Å². The minimum atomic E-state index is -0.465. The number of hydrogen-bond donors (Lipinski definition) is 0. The first kappa shape index (κ1) is 18.5. The van der Waals surface area contributed by atoms with E-state index in [-0.39, 0.29) is 6.61 Å². The molecule has 0 fully saturated rings. The summed E-state index contributed by atoms with van der Waals surface area (Å²) in [5.74, 6) is 0.0213. The van der Waals surface area contributed by atoms with E-state index in [0.29, 0.717) is 27.4 Å². The second kappa shape index (κ2) is 8.39. The molecular weight excluding hydrogens is 416 g/mol. The molecule has 5 heteroatoms. The monoisotopic (exact) mass is 430 g/mol. The predicted octanol–water partition coefficient (Wildman–Crippen LogP) is 6.18. The maximum absolute atomic E-state index is 12.0. The van der Waals surface area contributed by atoms with E-state index in [9.17, 15) is 4.79 Å². The third-order valence-electron chi connectivity index (χ3n) is 3.82. The summed E-state index contributed by atoms with van der Waals surface area (Å²) < 4.78 is 11.6. The van der Waals surface area contributed by atoms with Crippen molar-refractivity contribution < 1.29 is 14.3 Å². The summed E-state index contributed by atoms with van der Waals surface area (Å²) in [6, 6.07) is 17.4. The van der Waals surface area contributed by atoms with Crippen LogP contribution in [0.1, 0.15) is 15.9 Å². The Morgan fingerprint density at radius 3 is 2.69 bits per heavy atom. The van der Waals surface area contributed by atoms with E-state index < -0.39 is 5.97 Å². The molecule has 0 aromatic heterocycles. The first-order valence-electron chi connectivity index (χ1n) is 7.96. The zero-order valence-electron chi connectivity index (χ0n) is 13.9. The molecule has 0 saturated carbocycles. The van der Waals surface area contributed by atoms with Crippen LogP contribution in [0.2, 0.25) is 5.02 Å². The number of rotatable bonds is 6. The lowest BCUT2D eigenvalue weighted by Crippen LogP contribution is -2.06. The molecule has 0 aliphatic rings. The number of halogens is 2. The fraction of sp³-hybridized carbons (Fsp3) is 0.0952. The van der Waals surface area contributed by atoms with Gasteiger partial charge in [0.2, 0.25) is 0 Å². The van der Waals surface area contributed by atoms with E-state index in [4.69, 9.17) is 21.1 Å². The van der Waals surface area contributed by atoms with Crippen molar-refractivity contribution in [2.75, 3.05) is 6.61 Å². The SMILES string of the molecule is C=CCOC(=O)c1cc(Cl)c(OCc2cccc3ccccc23)c(Br)c1. The second-order valence-electron chi connectivity index (χ2n) is 5.58. The van der Waals surface area contributed by atoms with Crippen LogP contribution >= 0.6 is 27.5 Å². The van der Waals surface area contributed by atoms with Crippen LogP contribution in [-0.2, 0) is 11.3 Å². The molecule has 0 bridgehead atoms. The summed E-state index contributed by atoms with van der Waals surface area (Å²) in [5.41, 5.74) is 1.40. The Kier molecular flexibility index (Phi) is 5.96. The van der Waals surface area contributed by atoms with Crippen LogP contribution in [0.3, 0.4) is 0 Å². The number of carbonyl (C=O) groups is 1. The average Bonchev–Trinajstić information content (AvgIpc) is 2.65. The Hall–Kier alpha value is -2.30. The Morgan fingerprint density at radius 2 is 1.92 bits per heavy atom. The standard InChI is InChI=1S/C21H16BrClO3/c1-2-10-25-21(24)16-11-18(22)20(19(23)12-16)26-13-15-8-5-7-14-6-3-4-9-17(14)15/h2-9,11-12H,1,10,13H2. The molecule has 0 saturated heterocycles. The fourth-order valence-electron chi connectivity index (χ4n) is 2.60. The molecule has 0 spiro atoms. The van der Waals surface area contributed by atoms with Gasteiger partial charge in [-0.3, -0.25) is 0 Å². The predicted molar refractivity (Wildman–Crippen MR) is 108 cm³/mol. The highest BCUT2D eigenvalue weighted by atomic mass is 79.9. The van der Waals surface area contributed by atoms with Crippen molar-refractivity contribution in [3.63, 3.8) is 0 Å². The van der Waals surface area contributed by atoms with Crippen molar-refractivity contribution >= 4 is 44.3 Å². The van der Waals surface area contributed by atoms with Gasteiger partial charge in [-0.2, -0.15) is 0 Å². The lowest BCUT2D eigenvalue weighted by molar-refractivity contribution is 0.0549. The number of esters is 1. The number of ether oxygens (including phenoxy) is 2. The fourth-order valence-corrected chi connectivity index (χ4v) is 3.56. The highest BCUT2D eigenvalue weighted by Crippen LogP contribution is 2.35. The molecule has 0 N–H and O–H groups in total. The summed E-state index contributed by atoms with van der Waals surface area (Å²) in [6.07, 6.45) is 1.51. The van der Waals surface area contributed by atoms with Crippen LogP contribution in [0.15, 0.2) is 71.7 Å². The van der Waals surface area contributed by atoms with E-state index in [1.54, 1.807) is 6.07 Å². The van der Waals surface area contributed by atoms with Gasteiger partial charge in [0.25, 0.3) is 0 Å². The van der Waals surface area contributed by atoms with Gasteiger partial charge >= 0.3 is 5.97 Å². The Morgan fingerprint density at radius 1 is 1.15 bits per heavy atom. The van der Waals surface area contributed by atoms with E-state index >= 15 is 0 Å². The number of benzene rings is 3. The normalized spacial score (nSPS) is 10.5. The van der Waals surface area contributed by atoms with Crippen LogP contribution in [0.25, 0.3) is 10.8 Å². The smallest absolute Gasteiger partial charge is 0.338 e. The van der Waals surface area contributed by atoms with Gasteiger partial charge in [0.1, 0.15) is 13.2 Å². The van der Waals surface area contributed by atoms with Gasteiger partial charge in [0.05, 0.1) is 15.1 Å². The molecule has 132 valence electrons. The van der Waals surface area contributed by atoms with E-state index in [0.717, 1.165) is 16.3 Å². The summed E-state index contributed by atoms with van der Waals surface area (Å²) in [4.78, 5) is 12.0. The first-order chi connectivity index (χ1) is 12.6. The van der Waals surface area contributed by atoms with Crippen molar-refractivity contribution in [2.45, 2.75) is 6.61 Å². The third-order valence-corrected chi connectivity index (χ3v) is 4.69. The Balaban J connectivity index is 1.81. The summed E-state index contributed by atoms with van der Waals surface area (Å²) in [7, 11) is 0. The molecule has 0 aliphatic carbocycles. The van der Waals surface area contributed by atoms with E-state index in [1.807, 2.05) is 24.3 Å². The number of carbonyl (C=O) groups excluding carboxylic acids is 1. The van der Waals surface area contributed by atoms with Crippen molar-refractivity contribution in [2.24, 2.45) is 0 Å². The topological polar surface area (TPSA) is 35.5 Å². The quantitative estimate of drug-likeness (QED) is 0.345.